The molecule has 1 aromatic rings. The van der Waals surface area contributed by atoms with Crippen molar-refractivity contribution >= 4 is 51.7 Å². The van der Waals surface area contributed by atoms with Crippen molar-refractivity contribution in [3.63, 3.8) is 0 Å². The van der Waals surface area contributed by atoms with Gasteiger partial charge >= 0.3 is 7.12 Å². The fourth-order valence-electron chi connectivity index (χ4n) is 1.69. The van der Waals surface area contributed by atoms with E-state index in [1.165, 1.54) is 0 Å². The molecule has 1 heterocycles. The van der Waals surface area contributed by atoms with Crippen LogP contribution in [0.15, 0.2) is 16.6 Å². The predicted octanol–water partition coefficient (Wildman–Crippen LogP) is 4.06. The molecule has 1 aliphatic heterocycles. The van der Waals surface area contributed by atoms with Gasteiger partial charge in [-0.2, -0.15) is 0 Å². The van der Waals surface area contributed by atoms with Crippen LogP contribution in [0.2, 0.25) is 10.0 Å². The molecule has 1 aromatic carbocycles. The van der Waals surface area contributed by atoms with Crippen LogP contribution in [0.1, 0.15) is 27.7 Å². The summed E-state index contributed by atoms with van der Waals surface area (Å²) in [6, 6.07) is 3.53. The third kappa shape index (κ3) is 2.46. The maximum Gasteiger partial charge on any atom is 0.496 e. The van der Waals surface area contributed by atoms with Crippen LogP contribution in [-0.4, -0.2) is 18.3 Å². The maximum absolute atomic E-state index is 6.04. The van der Waals surface area contributed by atoms with Crippen LogP contribution in [-0.2, 0) is 9.31 Å². The molecule has 0 spiro atoms. The Morgan fingerprint density at radius 1 is 1.00 bits per heavy atom. The van der Waals surface area contributed by atoms with E-state index in [0.717, 1.165) is 9.94 Å². The molecule has 18 heavy (non-hydrogen) atoms. The zero-order chi connectivity index (χ0) is 13.7. The van der Waals surface area contributed by atoms with E-state index in [0.29, 0.717) is 10.0 Å². The highest BCUT2D eigenvalue weighted by Crippen LogP contribution is 2.37. The number of rotatable bonds is 1. The van der Waals surface area contributed by atoms with E-state index >= 15 is 0 Å². The molecule has 2 rings (SSSR count). The lowest BCUT2D eigenvalue weighted by molar-refractivity contribution is 0.00578. The van der Waals surface area contributed by atoms with Crippen LogP contribution in [0, 0.1) is 0 Å². The van der Waals surface area contributed by atoms with E-state index in [2.05, 4.69) is 15.9 Å². The highest BCUT2D eigenvalue weighted by atomic mass is 79.9. The summed E-state index contributed by atoms with van der Waals surface area (Å²) in [6.45, 7) is 8.05. The molecule has 1 fully saturated rings. The lowest BCUT2D eigenvalue weighted by Gasteiger charge is -2.32. The van der Waals surface area contributed by atoms with E-state index < -0.39 is 7.12 Å². The van der Waals surface area contributed by atoms with Crippen molar-refractivity contribution in [2.45, 2.75) is 38.9 Å². The molecule has 0 bridgehead atoms. The third-order valence-corrected chi connectivity index (χ3v) is 4.96. The molecule has 0 saturated carbocycles. The van der Waals surface area contributed by atoms with Crippen LogP contribution in [0.25, 0.3) is 0 Å². The van der Waals surface area contributed by atoms with E-state index in [9.17, 15) is 0 Å². The quantitative estimate of drug-likeness (QED) is 0.561. The van der Waals surface area contributed by atoms with Crippen LogP contribution < -0.4 is 5.46 Å². The van der Waals surface area contributed by atoms with Crippen LogP contribution in [0.3, 0.4) is 0 Å². The minimum Gasteiger partial charge on any atom is -0.399 e. The Morgan fingerprint density at radius 3 is 1.94 bits per heavy atom. The predicted molar refractivity (Wildman–Crippen MR) is 79.9 cm³/mol. The van der Waals surface area contributed by atoms with Crippen LogP contribution in [0.4, 0.5) is 0 Å². The van der Waals surface area contributed by atoms with Crippen molar-refractivity contribution in [3.8, 4) is 0 Å². The van der Waals surface area contributed by atoms with Gasteiger partial charge in [-0.15, -0.1) is 0 Å². The maximum atomic E-state index is 6.04. The highest BCUT2D eigenvalue weighted by molar-refractivity contribution is 9.10. The number of hydrogen-bond acceptors (Lipinski definition) is 2. The molecule has 0 aromatic heterocycles. The lowest BCUT2D eigenvalue weighted by Crippen LogP contribution is -2.41. The molecular weight excluding hydrogens is 338 g/mol. The molecule has 98 valence electrons. The molecule has 0 radical (unpaired) electrons. The molecule has 0 aliphatic carbocycles. The topological polar surface area (TPSA) is 18.5 Å². The van der Waals surface area contributed by atoms with E-state index in [4.69, 9.17) is 32.5 Å². The second kappa shape index (κ2) is 4.67. The average molecular weight is 352 g/mol. The Kier molecular flexibility index (Phi) is 3.81. The van der Waals surface area contributed by atoms with Gasteiger partial charge in [0, 0.05) is 4.47 Å². The molecular formula is C12H14BBrCl2O2. The highest BCUT2D eigenvalue weighted by Gasteiger charge is 2.52. The Labute approximate surface area is 126 Å². The fourth-order valence-corrected chi connectivity index (χ4v) is 2.69. The summed E-state index contributed by atoms with van der Waals surface area (Å²) in [5.41, 5.74) is 0.106. The van der Waals surface area contributed by atoms with E-state index in [1.54, 1.807) is 12.1 Å². The summed E-state index contributed by atoms with van der Waals surface area (Å²) in [6.07, 6.45) is 0. The van der Waals surface area contributed by atoms with Crippen molar-refractivity contribution < 1.29 is 9.31 Å². The van der Waals surface area contributed by atoms with Gasteiger partial charge in [-0.1, -0.05) is 39.1 Å². The summed E-state index contributed by atoms with van der Waals surface area (Å²) in [5, 5.41) is 0.994. The van der Waals surface area contributed by atoms with Crippen molar-refractivity contribution in [3.05, 3.63) is 26.7 Å². The van der Waals surface area contributed by atoms with Gasteiger partial charge in [-0.3, -0.25) is 0 Å². The van der Waals surface area contributed by atoms with Crippen molar-refractivity contribution in [1.82, 2.24) is 0 Å². The van der Waals surface area contributed by atoms with Gasteiger partial charge in [0.15, 0.2) is 0 Å². The molecule has 1 saturated heterocycles. The summed E-state index contributed by atoms with van der Waals surface area (Å²) < 4.78 is 12.8. The molecule has 0 atom stereocenters. The van der Waals surface area contributed by atoms with Gasteiger partial charge < -0.3 is 9.31 Å². The summed E-state index contributed by atoms with van der Waals surface area (Å²) >= 11 is 15.5. The standard InChI is InChI=1S/C12H14BBrCl2O2/c1-11(2)12(3,4)18-13(17-11)7-5-9(15)10(16)6-8(7)14/h5-6H,1-4H3. The van der Waals surface area contributed by atoms with Crippen molar-refractivity contribution in [2.24, 2.45) is 0 Å². The molecule has 0 unspecified atom stereocenters. The zero-order valence-electron chi connectivity index (χ0n) is 10.7. The Balaban J connectivity index is 2.38. The largest absolute Gasteiger partial charge is 0.496 e. The van der Waals surface area contributed by atoms with Gasteiger partial charge in [0.05, 0.1) is 21.2 Å². The normalized spacial score (nSPS) is 21.4. The lowest BCUT2D eigenvalue weighted by atomic mass is 9.79. The van der Waals surface area contributed by atoms with Crippen molar-refractivity contribution in [1.29, 1.82) is 0 Å². The Morgan fingerprint density at radius 2 is 1.44 bits per heavy atom. The first-order valence-electron chi connectivity index (χ1n) is 5.64. The average Bonchev–Trinajstić information content (AvgIpc) is 2.42. The first kappa shape index (κ1) is 14.7. The third-order valence-electron chi connectivity index (χ3n) is 3.55. The summed E-state index contributed by atoms with van der Waals surface area (Å²) in [4.78, 5) is 0. The molecule has 0 N–H and O–H groups in total. The second-order valence-corrected chi connectivity index (χ2v) is 7.04. The SMILES string of the molecule is CC1(C)OB(c2cc(Cl)c(Cl)cc2Br)OC1(C)C. The first-order chi connectivity index (χ1) is 8.14. The molecule has 2 nitrogen and oxygen atoms in total. The number of benzene rings is 1. The number of halogens is 3. The summed E-state index contributed by atoms with van der Waals surface area (Å²) in [7, 11) is -0.445. The Bertz CT molecular complexity index is 475. The van der Waals surface area contributed by atoms with Gasteiger partial charge in [-0.05, 0) is 45.3 Å². The minimum absolute atomic E-state index is 0.372. The van der Waals surface area contributed by atoms with Crippen LogP contribution in [0.5, 0.6) is 0 Å². The number of hydrogen-bond donors (Lipinski definition) is 0. The van der Waals surface area contributed by atoms with Gasteiger partial charge in [-0.25, -0.2) is 0 Å². The summed E-state index contributed by atoms with van der Waals surface area (Å²) in [5.74, 6) is 0. The fraction of sp³-hybridized carbons (Fsp3) is 0.500. The molecule has 1 aliphatic rings. The molecule has 6 heteroatoms. The Hall–Kier alpha value is 0.265. The van der Waals surface area contributed by atoms with Crippen LogP contribution >= 0.6 is 39.1 Å². The molecule has 0 amide bonds. The van der Waals surface area contributed by atoms with E-state index in [-0.39, 0.29) is 11.2 Å². The smallest absolute Gasteiger partial charge is 0.399 e. The van der Waals surface area contributed by atoms with Gasteiger partial charge in [0.2, 0.25) is 0 Å². The van der Waals surface area contributed by atoms with Crippen molar-refractivity contribution in [2.75, 3.05) is 0 Å². The minimum atomic E-state index is -0.445. The second-order valence-electron chi connectivity index (χ2n) is 5.38. The first-order valence-corrected chi connectivity index (χ1v) is 7.19. The monoisotopic (exact) mass is 350 g/mol. The zero-order valence-corrected chi connectivity index (χ0v) is 13.8. The van der Waals surface area contributed by atoms with E-state index in [1.807, 2.05) is 27.7 Å². The van der Waals surface area contributed by atoms with Gasteiger partial charge in [0.1, 0.15) is 0 Å². The van der Waals surface area contributed by atoms with Gasteiger partial charge in [0.25, 0.3) is 0 Å².